The molecule has 19 heavy (non-hydrogen) atoms. The highest BCUT2D eigenvalue weighted by Crippen LogP contribution is 2.29. The number of methoxy groups -OCH3 is 2. The molecule has 0 aromatic heterocycles. The van der Waals surface area contributed by atoms with Gasteiger partial charge in [-0.2, -0.15) is 0 Å². The van der Waals surface area contributed by atoms with Crippen LogP contribution in [0.5, 0.6) is 5.75 Å². The quantitative estimate of drug-likeness (QED) is 0.473. The molecule has 4 nitrogen and oxygen atoms in total. The van der Waals surface area contributed by atoms with Gasteiger partial charge in [-0.15, -0.1) is 11.8 Å². The van der Waals surface area contributed by atoms with E-state index in [1.807, 2.05) is 24.3 Å². The van der Waals surface area contributed by atoms with Crippen molar-refractivity contribution in [2.75, 3.05) is 20.0 Å². The van der Waals surface area contributed by atoms with E-state index in [-0.39, 0.29) is 5.97 Å². The van der Waals surface area contributed by atoms with Crippen LogP contribution in [0, 0.1) is 0 Å². The van der Waals surface area contributed by atoms with Gasteiger partial charge in [-0.05, 0) is 37.7 Å². The van der Waals surface area contributed by atoms with Gasteiger partial charge in [-0.25, -0.2) is 0 Å². The monoisotopic (exact) mass is 283 g/mol. The zero-order valence-corrected chi connectivity index (χ0v) is 12.5. The Labute approximate surface area is 118 Å². The Morgan fingerprint density at radius 2 is 2.05 bits per heavy atom. The average Bonchev–Trinajstić information content (AvgIpc) is 2.43. The Balaban J connectivity index is 2.41. The highest BCUT2D eigenvalue weighted by atomic mass is 32.2. The van der Waals surface area contributed by atoms with Crippen LogP contribution in [0.25, 0.3) is 0 Å². The third-order valence-electron chi connectivity index (χ3n) is 2.82. The van der Waals surface area contributed by atoms with Crippen molar-refractivity contribution in [3.8, 4) is 5.75 Å². The van der Waals surface area contributed by atoms with E-state index in [9.17, 15) is 4.79 Å². The van der Waals surface area contributed by atoms with Crippen molar-refractivity contribution in [2.24, 2.45) is 5.73 Å². The molecule has 0 spiro atoms. The Bertz CT molecular complexity index is 421. The number of esters is 1. The molecule has 5 heteroatoms. The molecule has 1 atom stereocenters. The number of nitrogens with two attached hydrogens (primary N) is 1. The minimum absolute atomic E-state index is 0.366. The summed E-state index contributed by atoms with van der Waals surface area (Å²) in [5.41, 5.74) is 4.99. The number of para-hydroxylation sites is 1. The van der Waals surface area contributed by atoms with Gasteiger partial charge < -0.3 is 15.2 Å². The van der Waals surface area contributed by atoms with Crippen molar-refractivity contribution in [1.29, 1.82) is 0 Å². The lowest BCUT2D eigenvalue weighted by molar-refractivity contribution is -0.146. The lowest BCUT2D eigenvalue weighted by atomic mass is 9.98. The van der Waals surface area contributed by atoms with E-state index >= 15 is 0 Å². The molecule has 1 aromatic rings. The minimum atomic E-state index is -0.907. The van der Waals surface area contributed by atoms with Crippen molar-refractivity contribution in [1.82, 2.24) is 0 Å². The molecular weight excluding hydrogens is 262 g/mol. The Morgan fingerprint density at radius 1 is 1.37 bits per heavy atom. The fourth-order valence-electron chi connectivity index (χ4n) is 1.69. The lowest BCUT2D eigenvalue weighted by Crippen LogP contribution is -2.45. The number of hydrogen-bond acceptors (Lipinski definition) is 5. The van der Waals surface area contributed by atoms with Gasteiger partial charge in [0.2, 0.25) is 0 Å². The molecule has 0 fully saturated rings. The third-order valence-corrected chi connectivity index (χ3v) is 3.96. The molecule has 2 N–H and O–H groups in total. The highest BCUT2D eigenvalue weighted by Gasteiger charge is 2.28. The molecule has 106 valence electrons. The molecule has 0 amide bonds. The van der Waals surface area contributed by atoms with Crippen molar-refractivity contribution < 1.29 is 14.3 Å². The largest absolute Gasteiger partial charge is 0.496 e. The first kappa shape index (κ1) is 15.9. The van der Waals surface area contributed by atoms with Crippen molar-refractivity contribution in [3.63, 3.8) is 0 Å². The maximum absolute atomic E-state index is 11.4. The van der Waals surface area contributed by atoms with Gasteiger partial charge in [-0.3, -0.25) is 4.79 Å². The van der Waals surface area contributed by atoms with E-state index in [4.69, 9.17) is 10.5 Å². The van der Waals surface area contributed by atoms with E-state index in [1.165, 1.54) is 7.11 Å². The van der Waals surface area contributed by atoms with E-state index in [1.54, 1.807) is 25.8 Å². The molecule has 1 rings (SSSR count). The Morgan fingerprint density at radius 3 is 2.68 bits per heavy atom. The van der Waals surface area contributed by atoms with Gasteiger partial charge in [0.05, 0.1) is 14.2 Å². The van der Waals surface area contributed by atoms with Crippen LogP contribution in [-0.2, 0) is 9.53 Å². The Kier molecular flexibility index (Phi) is 6.18. The molecular formula is C14H21NO3S. The molecule has 0 aliphatic heterocycles. The van der Waals surface area contributed by atoms with Crippen molar-refractivity contribution in [2.45, 2.75) is 30.2 Å². The summed E-state index contributed by atoms with van der Waals surface area (Å²) in [6, 6.07) is 7.87. The number of thioether (sulfide) groups is 1. The number of benzene rings is 1. The number of carbonyl (C=O) groups is 1. The summed E-state index contributed by atoms with van der Waals surface area (Å²) in [5, 5.41) is 0. The van der Waals surface area contributed by atoms with Gasteiger partial charge in [0, 0.05) is 4.90 Å². The van der Waals surface area contributed by atoms with Gasteiger partial charge in [0.1, 0.15) is 11.3 Å². The van der Waals surface area contributed by atoms with Crippen LogP contribution in [0.1, 0.15) is 19.8 Å². The van der Waals surface area contributed by atoms with Crippen LogP contribution in [0.2, 0.25) is 0 Å². The van der Waals surface area contributed by atoms with Crippen LogP contribution < -0.4 is 10.5 Å². The topological polar surface area (TPSA) is 61.5 Å². The first-order valence-corrected chi connectivity index (χ1v) is 7.13. The van der Waals surface area contributed by atoms with Crippen LogP contribution in [0.3, 0.4) is 0 Å². The number of carbonyl (C=O) groups excluding carboxylic acids is 1. The molecule has 0 aliphatic rings. The van der Waals surface area contributed by atoms with Crippen LogP contribution in [-0.4, -0.2) is 31.5 Å². The van der Waals surface area contributed by atoms with Crippen LogP contribution in [0.15, 0.2) is 29.2 Å². The van der Waals surface area contributed by atoms with Crippen LogP contribution in [0.4, 0.5) is 0 Å². The average molecular weight is 283 g/mol. The molecule has 0 aliphatic carbocycles. The summed E-state index contributed by atoms with van der Waals surface area (Å²) in [7, 11) is 3.02. The second-order valence-corrected chi connectivity index (χ2v) is 5.65. The second-order valence-electron chi connectivity index (χ2n) is 4.51. The molecule has 0 saturated heterocycles. The summed E-state index contributed by atoms with van der Waals surface area (Å²) in [4.78, 5) is 12.5. The smallest absolute Gasteiger partial charge is 0.325 e. The van der Waals surface area contributed by atoms with Gasteiger partial charge in [-0.1, -0.05) is 12.1 Å². The highest BCUT2D eigenvalue weighted by molar-refractivity contribution is 7.99. The van der Waals surface area contributed by atoms with E-state index in [0.29, 0.717) is 6.42 Å². The summed E-state index contributed by atoms with van der Waals surface area (Å²) in [6.45, 7) is 1.70. The molecule has 0 radical (unpaired) electrons. The standard InChI is InChI=1S/C14H21NO3S/c1-14(15,13(16)18-3)9-6-10-19-12-8-5-4-7-11(12)17-2/h4-5,7-8H,6,9-10,15H2,1-3H3. The fourth-order valence-corrected chi connectivity index (χ4v) is 2.67. The maximum atomic E-state index is 11.4. The number of ether oxygens (including phenoxy) is 2. The fraction of sp³-hybridized carbons (Fsp3) is 0.500. The summed E-state index contributed by atoms with van der Waals surface area (Å²) in [5.74, 6) is 1.38. The minimum Gasteiger partial charge on any atom is -0.496 e. The second kappa shape index (κ2) is 7.40. The maximum Gasteiger partial charge on any atom is 0.325 e. The zero-order valence-electron chi connectivity index (χ0n) is 11.6. The van der Waals surface area contributed by atoms with Gasteiger partial charge in [0.25, 0.3) is 0 Å². The number of rotatable bonds is 7. The molecule has 0 saturated carbocycles. The predicted molar refractivity (Wildman–Crippen MR) is 77.6 cm³/mol. The number of hydrogen-bond donors (Lipinski definition) is 1. The third kappa shape index (κ3) is 4.76. The molecule has 0 bridgehead atoms. The van der Waals surface area contributed by atoms with E-state index < -0.39 is 5.54 Å². The van der Waals surface area contributed by atoms with Crippen molar-refractivity contribution in [3.05, 3.63) is 24.3 Å². The lowest BCUT2D eigenvalue weighted by Gasteiger charge is -2.21. The van der Waals surface area contributed by atoms with Crippen LogP contribution >= 0.6 is 11.8 Å². The molecule has 1 aromatic carbocycles. The van der Waals surface area contributed by atoms with E-state index in [2.05, 4.69) is 4.74 Å². The van der Waals surface area contributed by atoms with Gasteiger partial charge in [0.15, 0.2) is 0 Å². The van der Waals surface area contributed by atoms with Gasteiger partial charge >= 0.3 is 5.97 Å². The first-order chi connectivity index (χ1) is 9.01. The predicted octanol–water partition coefficient (Wildman–Crippen LogP) is 2.46. The Hall–Kier alpha value is -1.20. The summed E-state index contributed by atoms with van der Waals surface area (Å²) in [6.07, 6.45) is 1.44. The SMILES string of the molecule is COC(=O)C(C)(N)CCCSc1ccccc1OC. The van der Waals surface area contributed by atoms with E-state index in [0.717, 1.165) is 22.8 Å². The first-order valence-electron chi connectivity index (χ1n) is 6.14. The van der Waals surface area contributed by atoms with Crippen molar-refractivity contribution >= 4 is 17.7 Å². The summed E-state index contributed by atoms with van der Waals surface area (Å²) < 4.78 is 9.96. The zero-order chi connectivity index (χ0) is 14.3. The summed E-state index contributed by atoms with van der Waals surface area (Å²) >= 11 is 1.70. The molecule has 0 heterocycles. The molecule has 1 unspecified atom stereocenters. The normalized spacial score (nSPS) is 13.7.